The fourth-order valence-corrected chi connectivity index (χ4v) is 2.67. The number of hydrogen-bond donors (Lipinski definition) is 2. The first kappa shape index (κ1) is 20.4. The Balaban J connectivity index is 1.95. The second-order valence-corrected chi connectivity index (χ2v) is 6.03. The number of carbonyl (C=O) groups excluding carboxylic acids is 2. The molecule has 0 heterocycles. The van der Waals surface area contributed by atoms with Gasteiger partial charge in [-0.3, -0.25) is 9.59 Å². The quantitative estimate of drug-likeness (QED) is 0.779. The molecule has 2 N–H and O–H groups in total. The summed E-state index contributed by atoms with van der Waals surface area (Å²) in [5.74, 6) is -3.22. The number of anilines is 2. The number of halogens is 2. The Morgan fingerprint density at radius 3 is 2.30 bits per heavy atom. The summed E-state index contributed by atoms with van der Waals surface area (Å²) in [5, 5.41) is 5.12. The fourth-order valence-electron chi connectivity index (χ4n) is 2.67. The minimum Gasteiger partial charge on any atom is -0.372 e. The van der Waals surface area contributed by atoms with Gasteiger partial charge in [-0.2, -0.15) is 0 Å². The highest BCUT2D eigenvalue weighted by atomic mass is 19.2. The van der Waals surface area contributed by atoms with Gasteiger partial charge in [0.2, 0.25) is 5.91 Å². The van der Waals surface area contributed by atoms with E-state index in [1.54, 1.807) is 0 Å². The SMILES string of the molecule is CCN(CC)c1ccc(NC(=O)CNC(=O)c2ccc(F)c(F)c2)c(C)c1. The first-order valence-electron chi connectivity index (χ1n) is 8.74. The molecule has 0 atom stereocenters. The third-order valence-corrected chi connectivity index (χ3v) is 4.20. The fraction of sp³-hybridized carbons (Fsp3) is 0.300. The summed E-state index contributed by atoms with van der Waals surface area (Å²) >= 11 is 0. The predicted molar refractivity (Wildman–Crippen MR) is 102 cm³/mol. The lowest BCUT2D eigenvalue weighted by atomic mass is 10.1. The lowest BCUT2D eigenvalue weighted by Gasteiger charge is -2.22. The molecule has 5 nitrogen and oxygen atoms in total. The molecule has 0 fully saturated rings. The Hall–Kier alpha value is -2.96. The summed E-state index contributed by atoms with van der Waals surface area (Å²) < 4.78 is 26.1. The van der Waals surface area contributed by atoms with E-state index in [-0.39, 0.29) is 12.1 Å². The van der Waals surface area contributed by atoms with Crippen LogP contribution in [0.1, 0.15) is 29.8 Å². The normalized spacial score (nSPS) is 10.4. The Labute approximate surface area is 157 Å². The maximum atomic E-state index is 13.2. The van der Waals surface area contributed by atoms with Gasteiger partial charge < -0.3 is 15.5 Å². The largest absolute Gasteiger partial charge is 0.372 e. The van der Waals surface area contributed by atoms with E-state index in [0.717, 1.165) is 42.5 Å². The van der Waals surface area contributed by atoms with E-state index in [0.29, 0.717) is 5.69 Å². The molecule has 0 bridgehead atoms. The molecule has 0 aliphatic carbocycles. The first-order chi connectivity index (χ1) is 12.8. The zero-order valence-electron chi connectivity index (χ0n) is 15.6. The third-order valence-electron chi connectivity index (χ3n) is 4.20. The van der Waals surface area contributed by atoms with Gasteiger partial charge >= 0.3 is 0 Å². The highest BCUT2D eigenvalue weighted by Gasteiger charge is 2.12. The van der Waals surface area contributed by atoms with Crippen LogP contribution in [0.3, 0.4) is 0 Å². The molecule has 0 saturated heterocycles. The van der Waals surface area contributed by atoms with Crippen LogP contribution in [-0.2, 0) is 4.79 Å². The standard InChI is InChI=1S/C20H23F2N3O2/c1-4-25(5-2)15-7-9-18(13(3)10-15)24-19(26)12-23-20(27)14-6-8-16(21)17(22)11-14/h6-11H,4-5,12H2,1-3H3,(H,23,27)(H,24,26). The molecule has 7 heteroatoms. The van der Waals surface area contributed by atoms with Crippen molar-refractivity contribution in [2.75, 3.05) is 29.9 Å². The Bertz CT molecular complexity index is 836. The van der Waals surface area contributed by atoms with Crippen LogP contribution in [0.25, 0.3) is 0 Å². The summed E-state index contributed by atoms with van der Waals surface area (Å²) in [6.07, 6.45) is 0. The van der Waals surface area contributed by atoms with Crippen molar-refractivity contribution in [3.05, 3.63) is 59.2 Å². The molecule has 0 aromatic heterocycles. The van der Waals surface area contributed by atoms with E-state index >= 15 is 0 Å². The van der Waals surface area contributed by atoms with E-state index in [4.69, 9.17) is 0 Å². The van der Waals surface area contributed by atoms with Gasteiger partial charge in [-0.1, -0.05) is 0 Å². The zero-order valence-corrected chi connectivity index (χ0v) is 15.6. The summed E-state index contributed by atoms with van der Waals surface area (Å²) in [5.41, 5.74) is 2.57. The Morgan fingerprint density at radius 1 is 1.00 bits per heavy atom. The molecule has 27 heavy (non-hydrogen) atoms. The number of hydrogen-bond acceptors (Lipinski definition) is 3. The van der Waals surface area contributed by atoms with Gasteiger partial charge in [0.15, 0.2) is 11.6 Å². The van der Waals surface area contributed by atoms with E-state index in [1.165, 1.54) is 0 Å². The van der Waals surface area contributed by atoms with Crippen molar-refractivity contribution in [1.29, 1.82) is 0 Å². The molecule has 0 radical (unpaired) electrons. The van der Waals surface area contributed by atoms with Crippen LogP contribution >= 0.6 is 0 Å². The van der Waals surface area contributed by atoms with Gasteiger partial charge in [0, 0.05) is 30.0 Å². The van der Waals surface area contributed by atoms with Crippen molar-refractivity contribution < 1.29 is 18.4 Å². The molecule has 2 rings (SSSR count). The molecule has 0 aliphatic rings. The molecule has 0 saturated carbocycles. The van der Waals surface area contributed by atoms with Gasteiger partial charge in [0.25, 0.3) is 5.91 Å². The van der Waals surface area contributed by atoms with Gasteiger partial charge in [-0.15, -0.1) is 0 Å². The Morgan fingerprint density at radius 2 is 1.70 bits per heavy atom. The molecule has 144 valence electrons. The van der Waals surface area contributed by atoms with Gasteiger partial charge in [-0.05, 0) is 62.7 Å². The molecule has 2 aromatic carbocycles. The molecular formula is C20H23F2N3O2. The minimum absolute atomic E-state index is 0.0542. The molecule has 0 aliphatic heterocycles. The number of amides is 2. The van der Waals surface area contributed by atoms with Crippen LogP contribution in [0.2, 0.25) is 0 Å². The molecular weight excluding hydrogens is 352 g/mol. The predicted octanol–water partition coefficient (Wildman–Crippen LogP) is 3.49. The molecule has 2 amide bonds. The van der Waals surface area contributed by atoms with Crippen LogP contribution in [0, 0.1) is 18.6 Å². The lowest BCUT2D eigenvalue weighted by molar-refractivity contribution is -0.115. The second kappa shape index (κ2) is 9.12. The molecule has 2 aromatic rings. The number of nitrogens with zero attached hydrogens (tertiary/aromatic N) is 1. The minimum atomic E-state index is -1.11. The first-order valence-corrected chi connectivity index (χ1v) is 8.74. The van der Waals surface area contributed by atoms with Gasteiger partial charge in [-0.25, -0.2) is 8.78 Å². The van der Waals surface area contributed by atoms with E-state index in [1.807, 2.05) is 25.1 Å². The monoisotopic (exact) mass is 375 g/mol. The topological polar surface area (TPSA) is 61.4 Å². The smallest absolute Gasteiger partial charge is 0.251 e. The molecule has 0 spiro atoms. The Kier molecular flexibility index (Phi) is 6.87. The average molecular weight is 375 g/mol. The van der Waals surface area contributed by atoms with Crippen LogP contribution in [0.15, 0.2) is 36.4 Å². The second-order valence-electron chi connectivity index (χ2n) is 6.03. The van der Waals surface area contributed by atoms with Crippen molar-refractivity contribution in [2.45, 2.75) is 20.8 Å². The summed E-state index contributed by atoms with van der Waals surface area (Å²) in [7, 11) is 0. The highest BCUT2D eigenvalue weighted by molar-refractivity contribution is 5.99. The average Bonchev–Trinajstić information content (AvgIpc) is 2.65. The number of nitrogens with one attached hydrogen (secondary N) is 2. The maximum Gasteiger partial charge on any atom is 0.251 e. The lowest BCUT2D eigenvalue weighted by Crippen LogP contribution is -2.33. The van der Waals surface area contributed by atoms with Gasteiger partial charge in [0.05, 0.1) is 6.54 Å². The van der Waals surface area contributed by atoms with Crippen molar-refractivity contribution in [2.24, 2.45) is 0 Å². The number of rotatable bonds is 7. The van der Waals surface area contributed by atoms with E-state index < -0.39 is 23.4 Å². The van der Waals surface area contributed by atoms with Crippen molar-refractivity contribution in [1.82, 2.24) is 5.32 Å². The van der Waals surface area contributed by atoms with Crippen molar-refractivity contribution >= 4 is 23.2 Å². The van der Waals surface area contributed by atoms with E-state index in [2.05, 4.69) is 29.4 Å². The summed E-state index contributed by atoms with van der Waals surface area (Å²) in [4.78, 5) is 26.2. The van der Waals surface area contributed by atoms with Crippen LogP contribution in [0.5, 0.6) is 0 Å². The van der Waals surface area contributed by atoms with Crippen LogP contribution in [0.4, 0.5) is 20.2 Å². The summed E-state index contributed by atoms with van der Waals surface area (Å²) in [6, 6.07) is 8.54. The van der Waals surface area contributed by atoms with Crippen LogP contribution in [-0.4, -0.2) is 31.4 Å². The van der Waals surface area contributed by atoms with Crippen molar-refractivity contribution in [3.8, 4) is 0 Å². The van der Waals surface area contributed by atoms with E-state index in [9.17, 15) is 18.4 Å². The number of benzene rings is 2. The zero-order chi connectivity index (χ0) is 20.0. The highest BCUT2D eigenvalue weighted by Crippen LogP contribution is 2.22. The number of aryl methyl sites for hydroxylation is 1. The third kappa shape index (κ3) is 5.26. The molecule has 0 unspecified atom stereocenters. The summed E-state index contributed by atoms with van der Waals surface area (Å²) in [6.45, 7) is 7.53. The van der Waals surface area contributed by atoms with Crippen molar-refractivity contribution in [3.63, 3.8) is 0 Å². The number of carbonyl (C=O) groups is 2. The maximum absolute atomic E-state index is 13.2. The van der Waals surface area contributed by atoms with Crippen LogP contribution < -0.4 is 15.5 Å². The van der Waals surface area contributed by atoms with Gasteiger partial charge in [0.1, 0.15) is 0 Å².